The lowest BCUT2D eigenvalue weighted by Crippen LogP contribution is -2.29. The highest BCUT2D eigenvalue weighted by atomic mass is 79.9. The third-order valence-electron chi connectivity index (χ3n) is 3.14. The predicted molar refractivity (Wildman–Crippen MR) is 81.3 cm³/mol. The molecule has 2 nitrogen and oxygen atoms in total. The van der Waals surface area contributed by atoms with E-state index in [1.165, 1.54) is 12.0 Å². The highest BCUT2D eigenvalue weighted by molar-refractivity contribution is 9.10. The van der Waals surface area contributed by atoms with Gasteiger partial charge < -0.3 is 10.1 Å². The first-order valence-corrected chi connectivity index (χ1v) is 7.41. The van der Waals surface area contributed by atoms with Crippen molar-refractivity contribution in [2.45, 2.75) is 39.7 Å². The van der Waals surface area contributed by atoms with Gasteiger partial charge in [-0.2, -0.15) is 0 Å². The Morgan fingerprint density at radius 2 is 2.06 bits per heavy atom. The normalized spacial score (nSPS) is 12.8. The van der Waals surface area contributed by atoms with Gasteiger partial charge >= 0.3 is 0 Å². The maximum absolute atomic E-state index is 5.43. The molecule has 0 fully saturated rings. The minimum absolute atomic E-state index is 0.545. The lowest BCUT2D eigenvalue weighted by atomic mass is 9.96. The monoisotopic (exact) mass is 313 g/mol. The number of rotatable bonds is 7. The second-order valence-corrected chi connectivity index (χ2v) is 5.91. The van der Waals surface area contributed by atoms with Crippen LogP contribution in [-0.4, -0.2) is 19.7 Å². The average Bonchev–Trinajstić information content (AvgIpc) is 2.34. The Balaban J connectivity index is 2.71. The second kappa shape index (κ2) is 7.80. The van der Waals surface area contributed by atoms with Crippen LogP contribution in [0.25, 0.3) is 0 Å². The molecule has 0 saturated carbocycles. The molecule has 1 rings (SSSR count). The molecule has 0 aliphatic heterocycles. The van der Waals surface area contributed by atoms with E-state index in [9.17, 15) is 0 Å². The SMILES string of the molecule is CCC(CNC(C)C)Cc1cc(Br)ccc1OC. The van der Waals surface area contributed by atoms with Crippen LogP contribution in [-0.2, 0) is 6.42 Å². The number of halogens is 1. The topological polar surface area (TPSA) is 21.3 Å². The Bertz CT molecular complexity index is 366. The molecule has 1 aromatic carbocycles. The molecule has 1 aromatic rings. The van der Waals surface area contributed by atoms with Crippen LogP contribution in [0, 0.1) is 5.92 Å². The van der Waals surface area contributed by atoms with E-state index >= 15 is 0 Å². The summed E-state index contributed by atoms with van der Waals surface area (Å²) in [5.41, 5.74) is 1.28. The standard InChI is InChI=1S/C15H24BrNO/c1-5-12(10-17-11(2)3)8-13-9-14(16)6-7-15(13)18-4/h6-7,9,11-12,17H,5,8,10H2,1-4H3. The van der Waals surface area contributed by atoms with Crippen molar-refractivity contribution in [2.24, 2.45) is 5.92 Å². The van der Waals surface area contributed by atoms with Crippen molar-refractivity contribution in [1.29, 1.82) is 0 Å². The molecule has 1 unspecified atom stereocenters. The van der Waals surface area contributed by atoms with Crippen LogP contribution in [0.2, 0.25) is 0 Å². The fraction of sp³-hybridized carbons (Fsp3) is 0.600. The predicted octanol–water partition coefficient (Wildman–Crippen LogP) is 4.02. The smallest absolute Gasteiger partial charge is 0.122 e. The molecule has 18 heavy (non-hydrogen) atoms. The van der Waals surface area contributed by atoms with Crippen LogP contribution >= 0.6 is 15.9 Å². The molecule has 0 saturated heterocycles. The summed E-state index contributed by atoms with van der Waals surface area (Å²) >= 11 is 3.53. The van der Waals surface area contributed by atoms with Gasteiger partial charge in [-0.1, -0.05) is 43.1 Å². The highest BCUT2D eigenvalue weighted by Gasteiger charge is 2.12. The van der Waals surface area contributed by atoms with Crippen molar-refractivity contribution in [3.8, 4) is 5.75 Å². The Morgan fingerprint density at radius 1 is 1.33 bits per heavy atom. The molecule has 0 aliphatic carbocycles. The number of methoxy groups -OCH3 is 1. The largest absolute Gasteiger partial charge is 0.496 e. The average molecular weight is 314 g/mol. The van der Waals surface area contributed by atoms with Gasteiger partial charge in [0.05, 0.1) is 7.11 Å². The Hall–Kier alpha value is -0.540. The van der Waals surface area contributed by atoms with Crippen molar-refractivity contribution in [2.75, 3.05) is 13.7 Å². The van der Waals surface area contributed by atoms with Crippen LogP contribution in [0.1, 0.15) is 32.8 Å². The van der Waals surface area contributed by atoms with E-state index in [-0.39, 0.29) is 0 Å². The van der Waals surface area contributed by atoms with E-state index < -0.39 is 0 Å². The van der Waals surface area contributed by atoms with Crippen LogP contribution in [0.3, 0.4) is 0 Å². The quantitative estimate of drug-likeness (QED) is 0.820. The Labute approximate surface area is 119 Å². The van der Waals surface area contributed by atoms with Crippen LogP contribution in [0.15, 0.2) is 22.7 Å². The third kappa shape index (κ3) is 4.99. The van der Waals surface area contributed by atoms with Crippen LogP contribution in [0.4, 0.5) is 0 Å². The Kier molecular flexibility index (Phi) is 6.72. The first kappa shape index (κ1) is 15.5. The van der Waals surface area contributed by atoms with E-state index in [1.54, 1.807) is 7.11 Å². The lowest BCUT2D eigenvalue weighted by Gasteiger charge is -2.19. The number of benzene rings is 1. The summed E-state index contributed by atoms with van der Waals surface area (Å²) in [5, 5.41) is 3.52. The molecule has 0 amide bonds. The first-order chi connectivity index (χ1) is 8.56. The first-order valence-electron chi connectivity index (χ1n) is 6.62. The summed E-state index contributed by atoms with van der Waals surface area (Å²) in [4.78, 5) is 0. The van der Waals surface area contributed by atoms with Gasteiger partial charge in [-0.15, -0.1) is 0 Å². The molecule has 0 bridgehead atoms. The maximum Gasteiger partial charge on any atom is 0.122 e. The molecule has 1 N–H and O–H groups in total. The van der Waals surface area contributed by atoms with Gasteiger partial charge in [0, 0.05) is 10.5 Å². The third-order valence-corrected chi connectivity index (χ3v) is 3.64. The van der Waals surface area contributed by atoms with Gasteiger partial charge in [-0.05, 0) is 42.6 Å². The van der Waals surface area contributed by atoms with Gasteiger partial charge in [0.2, 0.25) is 0 Å². The van der Waals surface area contributed by atoms with Crippen molar-refractivity contribution < 1.29 is 4.74 Å². The summed E-state index contributed by atoms with van der Waals surface area (Å²) in [7, 11) is 1.74. The van der Waals surface area contributed by atoms with E-state index in [0.29, 0.717) is 12.0 Å². The Morgan fingerprint density at radius 3 is 2.61 bits per heavy atom. The van der Waals surface area contributed by atoms with Gasteiger partial charge in [0.25, 0.3) is 0 Å². The van der Waals surface area contributed by atoms with Gasteiger partial charge in [-0.3, -0.25) is 0 Å². The van der Waals surface area contributed by atoms with E-state index in [0.717, 1.165) is 23.2 Å². The highest BCUT2D eigenvalue weighted by Crippen LogP contribution is 2.26. The molecule has 1 atom stereocenters. The molecule has 0 aliphatic rings. The van der Waals surface area contributed by atoms with Crippen LogP contribution < -0.4 is 10.1 Å². The summed E-state index contributed by atoms with van der Waals surface area (Å²) in [6.45, 7) is 7.68. The summed E-state index contributed by atoms with van der Waals surface area (Å²) in [6, 6.07) is 6.76. The fourth-order valence-corrected chi connectivity index (χ4v) is 2.39. The number of nitrogens with one attached hydrogen (secondary N) is 1. The summed E-state index contributed by atoms with van der Waals surface area (Å²) in [6.07, 6.45) is 2.23. The fourth-order valence-electron chi connectivity index (χ4n) is 1.98. The van der Waals surface area contributed by atoms with Crippen molar-refractivity contribution in [1.82, 2.24) is 5.32 Å². The van der Waals surface area contributed by atoms with E-state index in [1.807, 2.05) is 12.1 Å². The molecule has 0 heterocycles. The number of hydrogen-bond acceptors (Lipinski definition) is 2. The zero-order valence-electron chi connectivity index (χ0n) is 11.8. The van der Waals surface area contributed by atoms with E-state index in [4.69, 9.17) is 4.74 Å². The molecule has 102 valence electrons. The zero-order chi connectivity index (χ0) is 13.5. The molecule has 3 heteroatoms. The lowest BCUT2D eigenvalue weighted by molar-refractivity contribution is 0.395. The van der Waals surface area contributed by atoms with Gasteiger partial charge in [0.15, 0.2) is 0 Å². The van der Waals surface area contributed by atoms with Gasteiger partial charge in [0.1, 0.15) is 5.75 Å². The van der Waals surface area contributed by atoms with E-state index in [2.05, 4.69) is 48.1 Å². The number of ether oxygens (including phenoxy) is 1. The van der Waals surface area contributed by atoms with Crippen molar-refractivity contribution >= 4 is 15.9 Å². The zero-order valence-corrected chi connectivity index (χ0v) is 13.4. The van der Waals surface area contributed by atoms with Crippen molar-refractivity contribution in [3.63, 3.8) is 0 Å². The molecular formula is C15H24BrNO. The summed E-state index contributed by atoms with van der Waals surface area (Å²) < 4.78 is 6.55. The maximum atomic E-state index is 5.43. The molecule has 0 radical (unpaired) electrons. The molecule has 0 spiro atoms. The number of hydrogen-bond donors (Lipinski definition) is 1. The summed E-state index contributed by atoms with van der Waals surface area (Å²) in [5.74, 6) is 1.64. The van der Waals surface area contributed by atoms with Crippen molar-refractivity contribution in [3.05, 3.63) is 28.2 Å². The molecular weight excluding hydrogens is 290 g/mol. The second-order valence-electron chi connectivity index (χ2n) is 5.00. The minimum atomic E-state index is 0.545. The molecule has 0 aromatic heterocycles. The minimum Gasteiger partial charge on any atom is -0.496 e. The van der Waals surface area contributed by atoms with Crippen LogP contribution in [0.5, 0.6) is 5.75 Å². The van der Waals surface area contributed by atoms with Gasteiger partial charge in [-0.25, -0.2) is 0 Å².